The summed E-state index contributed by atoms with van der Waals surface area (Å²) >= 11 is 0. The van der Waals surface area contributed by atoms with E-state index < -0.39 is 0 Å². The first-order chi connectivity index (χ1) is 7.08. The maximum atomic E-state index is 5.88. The van der Waals surface area contributed by atoms with Crippen molar-refractivity contribution in [3.8, 4) is 0 Å². The summed E-state index contributed by atoms with van der Waals surface area (Å²) in [6.07, 6.45) is 2.55. The quantitative estimate of drug-likeness (QED) is 0.826. The van der Waals surface area contributed by atoms with Crippen LogP contribution in [-0.4, -0.2) is 11.7 Å². The van der Waals surface area contributed by atoms with Crippen LogP contribution in [0.5, 0.6) is 0 Å². The SMILES string of the molecule is CC(C)c1cc(C(C)(CN)C2CC2)no1. The third-order valence-electron chi connectivity index (χ3n) is 3.58. The van der Waals surface area contributed by atoms with Crippen molar-refractivity contribution in [2.24, 2.45) is 11.7 Å². The van der Waals surface area contributed by atoms with E-state index in [1.54, 1.807) is 0 Å². The largest absolute Gasteiger partial charge is 0.361 e. The van der Waals surface area contributed by atoms with E-state index in [0.29, 0.717) is 18.4 Å². The first kappa shape index (κ1) is 10.7. The molecular weight excluding hydrogens is 188 g/mol. The minimum absolute atomic E-state index is 0.0244. The smallest absolute Gasteiger partial charge is 0.139 e. The molecule has 3 nitrogen and oxygen atoms in total. The molecular formula is C12H20N2O. The second-order valence-electron chi connectivity index (χ2n) is 5.17. The number of nitrogens with two attached hydrogens (primary N) is 1. The standard InChI is InChI=1S/C12H20N2O/c1-8(2)10-6-11(14-15-10)12(3,7-13)9-4-5-9/h6,8-9H,4-5,7,13H2,1-3H3. The van der Waals surface area contributed by atoms with Crippen LogP contribution in [-0.2, 0) is 5.41 Å². The molecule has 1 aliphatic carbocycles. The molecule has 2 rings (SSSR count). The predicted molar refractivity (Wildman–Crippen MR) is 59.7 cm³/mol. The van der Waals surface area contributed by atoms with Crippen LogP contribution in [0.4, 0.5) is 0 Å². The monoisotopic (exact) mass is 208 g/mol. The van der Waals surface area contributed by atoms with Crippen LogP contribution in [0, 0.1) is 5.92 Å². The van der Waals surface area contributed by atoms with Gasteiger partial charge in [-0.05, 0) is 18.8 Å². The molecule has 1 unspecified atom stereocenters. The molecule has 1 aromatic heterocycles. The maximum absolute atomic E-state index is 5.88. The van der Waals surface area contributed by atoms with Gasteiger partial charge in [-0.2, -0.15) is 0 Å². The van der Waals surface area contributed by atoms with Crippen LogP contribution >= 0.6 is 0 Å². The Balaban J connectivity index is 2.26. The summed E-state index contributed by atoms with van der Waals surface area (Å²) < 4.78 is 5.35. The van der Waals surface area contributed by atoms with Gasteiger partial charge in [0.15, 0.2) is 0 Å². The van der Waals surface area contributed by atoms with Crippen molar-refractivity contribution in [3.63, 3.8) is 0 Å². The molecule has 0 spiro atoms. The zero-order chi connectivity index (χ0) is 11.1. The summed E-state index contributed by atoms with van der Waals surface area (Å²) in [6.45, 7) is 7.08. The van der Waals surface area contributed by atoms with E-state index >= 15 is 0 Å². The van der Waals surface area contributed by atoms with Gasteiger partial charge in [0.2, 0.25) is 0 Å². The van der Waals surface area contributed by atoms with Gasteiger partial charge in [0.1, 0.15) is 5.76 Å². The van der Waals surface area contributed by atoms with Crippen LogP contribution in [0.2, 0.25) is 0 Å². The van der Waals surface area contributed by atoms with Gasteiger partial charge in [0, 0.05) is 23.9 Å². The Morgan fingerprint density at radius 2 is 2.27 bits per heavy atom. The molecule has 1 aliphatic rings. The van der Waals surface area contributed by atoms with Crippen molar-refractivity contribution in [2.75, 3.05) is 6.54 Å². The molecule has 1 fully saturated rings. The molecule has 0 aromatic carbocycles. The Labute approximate surface area is 91.0 Å². The zero-order valence-corrected chi connectivity index (χ0v) is 9.79. The van der Waals surface area contributed by atoms with E-state index in [1.807, 2.05) is 0 Å². The van der Waals surface area contributed by atoms with Gasteiger partial charge in [-0.3, -0.25) is 0 Å². The van der Waals surface area contributed by atoms with Gasteiger partial charge in [-0.15, -0.1) is 0 Å². The van der Waals surface area contributed by atoms with Gasteiger partial charge in [0.05, 0.1) is 5.69 Å². The molecule has 0 radical (unpaired) electrons. The number of nitrogens with zero attached hydrogens (tertiary/aromatic N) is 1. The Kier molecular flexibility index (Phi) is 2.59. The summed E-state index contributed by atoms with van der Waals surface area (Å²) in [5.74, 6) is 2.06. The summed E-state index contributed by atoms with van der Waals surface area (Å²) in [7, 11) is 0. The lowest BCUT2D eigenvalue weighted by Gasteiger charge is -2.24. The zero-order valence-electron chi connectivity index (χ0n) is 9.79. The molecule has 15 heavy (non-hydrogen) atoms. The second-order valence-corrected chi connectivity index (χ2v) is 5.17. The molecule has 1 heterocycles. The molecule has 0 amide bonds. The fraction of sp³-hybridized carbons (Fsp3) is 0.750. The van der Waals surface area contributed by atoms with Crippen molar-refractivity contribution in [1.29, 1.82) is 0 Å². The van der Waals surface area contributed by atoms with Crippen molar-refractivity contribution >= 4 is 0 Å². The molecule has 0 bridgehead atoms. The van der Waals surface area contributed by atoms with Crippen LogP contribution in [0.25, 0.3) is 0 Å². The van der Waals surface area contributed by atoms with Crippen LogP contribution in [0.1, 0.15) is 51.0 Å². The highest BCUT2D eigenvalue weighted by molar-refractivity contribution is 5.22. The molecule has 84 valence electrons. The number of hydrogen-bond donors (Lipinski definition) is 1. The lowest BCUT2D eigenvalue weighted by molar-refractivity contribution is 0.333. The number of hydrogen-bond acceptors (Lipinski definition) is 3. The Bertz CT molecular complexity index is 341. The van der Waals surface area contributed by atoms with Crippen LogP contribution < -0.4 is 5.73 Å². The van der Waals surface area contributed by atoms with Crippen molar-refractivity contribution in [2.45, 2.75) is 44.9 Å². The number of aromatic nitrogens is 1. The highest BCUT2D eigenvalue weighted by Gasteiger charge is 2.43. The molecule has 1 atom stereocenters. The molecule has 1 saturated carbocycles. The summed E-state index contributed by atoms with van der Waals surface area (Å²) in [4.78, 5) is 0. The van der Waals surface area contributed by atoms with E-state index in [0.717, 1.165) is 11.5 Å². The average Bonchev–Trinajstić information content (AvgIpc) is 2.94. The van der Waals surface area contributed by atoms with E-state index in [1.165, 1.54) is 12.8 Å². The third kappa shape index (κ3) is 1.81. The van der Waals surface area contributed by atoms with Gasteiger partial charge in [-0.1, -0.05) is 25.9 Å². The van der Waals surface area contributed by atoms with Gasteiger partial charge >= 0.3 is 0 Å². The molecule has 3 heteroatoms. The molecule has 0 aliphatic heterocycles. The Morgan fingerprint density at radius 1 is 1.60 bits per heavy atom. The molecule has 0 saturated heterocycles. The molecule has 1 aromatic rings. The Morgan fingerprint density at radius 3 is 2.67 bits per heavy atom. The van der Waals surface area contributed by atoms with Gasteiger partial charge in [0.25, 0.3) is 0 Å². The van der Waals surface area contributed by atoms with E-state index in [2.05, 4.69) is 32.0 Å². The summed E-state index contributed by atoms with van der Waals surface area (Å²) in [5, 5.41) is 4.19. The highest BCUT2D eigenvalue weighted by atomic mass is 16.5. The van der Waals surface area contributed by atoms with E-state index in [9.17, 15) is 0 Å². The normalized spacial score (nSPS) is 20.6. The Hall–Kier alpha value is -0.830. The lowest BCUT2D eigenvalue weighted by atomic mass is 9.81. The topological polar surface area (TPSA) is 52.0 Å². The number of rotatable bonds is 4. The van der Waals surface area contributed by atoms with Crippen molar-refractivity contribution < 1.29 is 4.52 Å². The minimum Gasteiger partial charge on any atom is -0.361 e. The first-order valence-corrected chi connectivity index (χ1v) is 5.75. The van der Waals surface area contributed by atoms with Crippen molar-refractivity contribution in [3.05, 3.63) is 17.5 Å². The first-order valence-electron chi connectivity index (χ1n) is 5.75. The summed E-state index contributed by atoms with van der Waals surface area (Å²) in [6, 6.07) is 2.08. The maximum Gasteiger partial charge on any atom is 0.139 e. The fourth-order valence-electron chi connectivity index (χ4n) is 2.03. The van der Waals surface area contributed by atoms with E-state index in [4.69, 9.17) is 10.3 Å². The molecule has 2 N–H and O–H groups in total. The lowest BCUT2D eigenvalue weighted by Crippen LogP contribution is -2.34. The minimum atomic E-state index is 0.0244. The average molecular weight is 208 g/mol. The van der Waals surface area contributed by atoms with Crippen LogP contribution in [0.3, 0.4) is 0 Å². The fourth-order valence-corrected chi connectivity index (χ4v) is 2.03. The summed E-state index contributed by atoms with van der Waals surface area (Å²) in [5.41, 5.74) is 6.95. The van der Waals surface area contributed by atoms with Crippen molar-refractivity contribution in [1.82, 2.24) is 5.16 Å². The second kappa shape index (κ2) is 3.63. The van der Waals surface area contributed by atoms with Gasteiger partial charge in [-0.25, -0.2) is 0 Å². The van der Waals surface area contributed by atoms with Crippen LogP contribution in [0.15, 0.2) is 10.6 Å². The third-order valence-corrected chi connectivity index (χ3v) is 3.58. The van der Waals surface area contributed by atoms with E-state index in [-0.39, 0.29) is 5.41 Å². The van der Waals surface area contributed by atoms with Gasteiger partial charge < -0.3 is 10.3 Å². The highest BCUT2D eigenvalue weighted by Crippen LogP contribution is 2.46. The predicted octanol–water partition coefficient (Wildman–Crippen LogP) is 2.42.